The normalized spacial score (nSPS) is 15.0. The molecule has 0 atom stereocenters. The van der Waals surface area contributed by atoms with Crippen molar-refractivity contribution in [3.8, 4) is 0 Å². The Morgan fingerprint density at radius 2 is 1.75 bits per heavy atom. The Morgan fingerprint density at radius 1 is 1.12 bits per heavy atom. The van der Waals surface area contributed by atoms with Crippen molar-refractivity contribution < 1.29 is 19.4 Å². The number of carbonyl (C=O) groups excluding carboxylic acids is 1. The zero-order valence-corrected chi connectivity index (χ0v) is 14.4. The molecule has 6 heteroatoms. The van der Waals surface area contributed by atoms with Gasteiger partial charge in [-0.25, -0.2) is 4.79 Å². The minimum absolute atomic E-state index is 0.0233. The van der Waals surface area contributed by atoms with Crippen molar-refractivity contribution in [1.82, 2.24) is 4.90 Å². The average molecular weight is 334 g/mol. The second-order valence-corrected chi connectivity index (χ2v) is 6.31. The summed E-state index contributed by atoms with van der Waals surface area (Å²) in [4.78, 5) is 26.5. The van der Waals surface area contributed by atoms with Gasteiger partial charge in [0.25, 0.3) is 0 Å². The van der Waals surface area contributed by atoms with Crippen molar-refractivity contribution in [3.63, 3.8) is 0 Å². The van der Waals surface area contributed by atoms with E-state index in [9.17, 15) is 9.59 Å². The molecule has 0 spiro atoms. The highest BCUT2D eigenvalue weighted by Crippen LogP contribution is 2.21. The second kappa shape index (κ2) is 8.68. The molecule has 24 heavy (non-hydrogen) atoms. The molecule has 1 saturated heterocycles. The molecule has 0 aliphatic carbocycles. The number of ether oxygens (including phenoxy) is 1. The molecular formula is C18H26N2O4. The number of nitrogens with zero attached hydrogens (tertiary/aromatic N) is 2. The largest absolute Gasteiger partial charge is 0.480 e. The van der Waals surface area contributed by atoms with Crippen LogP contribution < -0.4 is 4.90 Å². The van der Waals surface area contributed by atoms with Crippen LogP contribution in [0.15, 0.2) is 24.3 Å². The molecule has 1 heterocycles. The Hall–Kier alpha value is -2.08. The van der Waals surface area contributed by atoms with Gasteiger partial charge in [0.1, 0.15) is 6.61 Å². The minimum Gasteiger partial charge on any atom is -0.480 e. The molecule has 1 aromatic carbocycles. The van der Waals surface area contributed by atoms with Crippen molar-refractivity contribution in [1.29, 1.82) is 0 Å². The van der Waals surface area contributed by atoms with E-state index >= 15 is 0 Å². The third-order valence-corrected chi connectivity index (χ3v) is 4.24. The number of benzene rings is 1. The fourth-order valence-electron chi connectivity index (χ4n) is 2.76. The summed E-state index contributed by atoms with van der Waals surface area (Å²) in [5, 5.41) is 8.49. The average Bonchev–Trinajstić information content (AvgIpc) is 2.58. The monoisotopic (exact) mass is 334 g/mol. The number of carbonyl (C=O) groups is 2. The molecule has 1 amide bonds. The minimum atomic E-state index is -1.01. The fraction of sp³-hybridized carbons (Fsp3) is 0.556. The highest BCUT2D eigenvalue weighted by atomic mass is 16.5. The van der Waals surface area contributed by atoms with Gasteiger partial charge in [-0.1, -0.05) is 26.0 Å². The maximum atomic E-state index is 12.1. The van der Waals surface area contributed by atoms with Crippen molar-refractivity contribution in [3.05, 3.63) is 29.8 Å². The van der Waals surface area contributed by atoms with E-state index in [0.29, 0.717) is 19.0 Å². The molecule has 1 aromatic rings. The van der Waals surface area contributed by atoms with Crippen molar-refractivity contribution in [2.45, 2.75) is 26.2 Å². The SMILES string of the molecule is CC(C)c1ccc(N2CCN(C(=O)CCOCC(=O)O)CC2)cc1. The summed E-state index contributed by atoms with van der Waals surface area (Å²) in [5.74, 6) is -0.466. The Morgan fingerprint density at radius 3 is 2.29 bits per heavy atom. The summed E-state index contributed by atoms with van der Waals surface area (Å²) in [6, 6.07) is 8.62. The first kappa shape index (κ1) is 18.3. The molecule has 0 radical (unpaired) electrons. The number of aliphatic carboxylic acids is 1. The smallest absolute Gasteiger partial charge is 0.329 e. The highest BCUT2D eigenvalue weighted by molar-refractivity contribution is 5.76. The lowest BCUT2D eigenvalue weighted by molar-refractivity contribution is -0.143. The van der Waals surface area contributed by atoms with Gasteiger partial charge < -0.3 is 19.6 Å². The lowest BCUT2D eigenvalue weighted by Gasteiger charge is -2.36. The number of carboxylic acid groups (broad SMARTS) is 1. The van der Waals surface area contributed by atoms with E-state index in [4.69, 9.17) is 9.84 Å². The van der Waals surface area contributed by atoms with Crippen LogP contribution in [0.5, 0.6) is 0 Å². The molecule has 1 aliphatic rings. The van der Waals surface area contributed by atoms with Crippen LogP contribution in [0.2, 0.25) is 0 Å². The van der Waals surface area contributed by atoms with Gasteiger partial charge >= 0.3 is 5.97 Å². The van der Waals surface area contributed by atoms with E-state index in [1.807, 2.05) is 4.90 Å². The van der Waals surface area contributed by atoms with E-state index in [0.717, 1.165) is 13.1 Å². The fourth-order valence-corrected chi connectivity index (χ4v) is 2.76. The summed E-state index contributed by atoms with van der Waals surface area (Å²) >= 11 is 0. The lowest BCUT2D eigenvalue weighted by Crippen LogP contribution is -2.49. The molecule has 0 bridgehead atoms. The van der Waals surface area contributed by atoms with Crippen LogP contribution in [0.25, 0.3) is 0 Å². The maximum Gasteiger partial charge on any atom is 0.329 e. The number of hydrogen-bond acceptors (Lipinski definition) is 4. The van der Waals surface area contributed by atoms with Gasteiger partial charge in [-0.05, 0) is 23.6 Å². The Bertz CT molecular complexity index is 549. The van der Waals surface area contributed by atoms with Gasteiger partial charge in [0.05, 0.1) is 13.0 Å². The van der Waals surface area contributed by atoms with Gasteiger partial charge in [-0.15, -0.1) is 0 Å². The molecule has 1 aliphatic heterocycles. The molecule has 1 N–H and O–H groups in total. The van der Waals surface area contributed by atoms with E-state index in [-0.39, 0.29) is 25.5 Å². The number of piperazine rings is 1. The Kier molecular flexibility index (Phi) is 6.61. The standard InChI is InChI=1S/C18H26N2O4/c1-14(2)15-3-5-16(6-4-15)19-8-10-20(11-9-19)17(21)7-12-24-13-18(22)23/h3-6,14H,7-13H2,1-2H3,(H,22,23). The van der Waals surface area contributed by atoms with Gasteiger partial charge in [0.2, 0.25) is 5.91 Å². The number of anilines is 1. The Balaban J connectivity index is 1.76. The first-order valence-corrected chi connectivity index (χ1v) is 8.39. The molecule has 2 rings (SSSR count). The van der Waals surface area contributed by atoms with E-state index < -0.39 is 5.97 Å². The Labute approximate surface area is 143 Å². The molecule has 0 saturated carbocycles. The second-order valence-electron chi connectivity index (χ2n) is 6.31. The number of rotatable bonds is 7. The predicted molar refractivity (Wildman–Crippen MR) is 92.4 cm³/mol. The van der Waals surface area contributed by atoms with E-state index in [2.05, 4.69) is 43.0 Å². The van der Waals surface area contributed by atoms with Crippen LogP contribution in [0, 0.1) is 0 Å². The number of amides is 1. The zero-order valence-electron chi connectivity index (χ0n) is 14.4. The molecule has 6 nitrogen and oxygen atoms in total. The predicted octanol–water partition coefficient (Wildman–Crippen LogP) is 1.95. The van der Waals surface area contributed by atoms with Gasteiger partial charge in [-0.3, -0.25) is 4.79 Å². The molecule has 132 valence electrons. The summed E-state index contributed by atoms with van der Waals surface area (Å²) in [7, 11) is 0. The van der Waals surface area contributed by atoms with Crippen LogP contribution in [0.4, 0.5) is 5.69 Å². The van der Waals surface area contributed by atoms with E-state index in [1.165, 1.54) is 11.3 Å². The van der Waals surface area contributed by atoms with E-state index in [1.54, 1.807) is 0 Å². The van der Waals surface area contributed by atoms with Gasteiger partial charge in [-0.2, -0.15) is 0 Å². The quantitative estimate of drug-likeness (QED) is 0.772. The molecule has 0 unspecified atom stereocenters. The summed E-state index contributed by atoms with van der Waals surface area (Å²) in [6.07, 6.45) is 0.233. The summed E-state index contributed by atoms with van der Waals surface area (Å²) in [6.45, 7) is 7.15. The summed E-state index contributed by atoms with van der Waals surface area (Å²) < 4.78 is 4.92. The zero-order chi connectivity index (χ0) is 17.5. The maximum absolute atomic E-state index is 12.1. The van der Waals surface area contributed by atoms with Crippen molar-refractivity contribution in [2.75, 3.05) is 44.3 Å². The molecule has 0 aromatic heterocycles. The van der Waals surface area contributed by atoms with Crippen molar-refractivity contribution in [2.24, 2.45) is 0 Å². The number of hydrogen-bond donors (Lipinski definition) is 1. The van der Waals surface area contributed by atoms with Crippen molar-refractivity contribution >= 4 is 17.6 Å². The first-order valence-electron chi connectivity index (χ1n) is 8.39. The molecule has 1 fully saturated rings. The van der Waals surface area contributed by atoms with Crippen LogP contribution >= 0.6 is 0 Å². The lowest BCUT2D eigenvalue weighted by atomic mass is 10.0. The van der Waals surface area contributed by atoms with Crippen LogP contribution in [0.3, 0.4) is 0 Å². The topological polar surface area (TPSA) is 70.1 Å². The van der Waals surface area contributed by atoms with Gasteiger partial charge in [0, 0.05) is 31.9 Å². The van der Waals surface area contributed by atoms with Gasteiger partial charge in [0.15, 0.2) is 0 Å². The first-order chi connectivity index (χ1) is 11.5. The molecular weight excluding hydrogens is 308 g/mol. The summed E-state index contributed by atoms with van der Waals surface area (Å²) in [5.41, 5.74) is 2.52. The van der Waals surface area contributed by atoms with Crippen LogP contribution in [-0.2, 0) is 14.3 Å². The third-order valence-electron chi connectivity index (χ3n) is 4.24. The van der Waals surface area contributed by atoms with Crippen LogP contribution in [-0.4, -0.2) is 61.3 Å². The third kappa shape index (κ3) is 5.23. The van der Waals surface area contributed by atoms with Crippen LogP contribution in [0.1, 0.15) is 31.7 Å². The highest BCUT2D eigenvalue weighted by Gasteiger charge is 2.21. The number of carboxylic acids is 1.